The van der Waals surface area contributed by atoms with Gasteiger partial charge in [0.25, 0.3) is 0 Å². The zero-order valence-electron chi connectivity index (χ0n) is 27.5. The SMILES string of the molecule is C=CCCC(=O)N[C@@H](COC)[C@@H](OC(=O)[C@H]1[C@@H]2O[C@@]3(CC2Br)[C@@H]1C(=O)N([C@H](C)CO)[C@@H]3C(=O)N(CC=C)CCCC)c1ccccc1. The number of likely N-dealkylation sites (tertiary alicyclic amines) is 1. The molecule has 2 N–H and O–H groups in total. The Morgan fingerprint density at radius 2 is 1.98 bits per heavy atom. The third-order valence-corrected chi connectivity index (χ3v) is 10.3. The number of halogens is 1. The number of methoxy groups -OCH3 is 1. The van der Waals surface area contributed by atoms with Crippen molar-refractivity contribution in [1.29, 1.82) is 0 Å². The fourth-order valence-electron chi connectivity index (χ4n) is 7.27. The molecule has 1 aromatic carbocycles. The number of benzene rings is 1. The molecule has 4 rings (SSSR count). The van der Waals surface area contributed by atoms with Crippen LogP contribution in [0.2, 0.25) is 0 Å². The summed E-state index contributed by atoms with van der Waals surface area (Å²) in [5.41, 5.74) is -0.669. The maximum Gasteiger partial charge on any atom is 0.313 e. The van der Waals surface area contributed by atoms with E-state index in [4.69, 9.17) is 14.2 Å². The molecule has 1 unspecified atom stereocenters. The van der Waals surface area contributed by atoms with Gasteiger partial charge in [0, 0.05) is 31.4 Å². The number of aliphatic hydroxyl groups excluding tert-OH is 1. The van der Waals surface area contributed by atoms with E-state index in [2.05, 4.69) is 34.4 Å². The van der Waals surface area contributed by atoms with E-state index >= 15 is 0 Å². The topological polar surface area (TPSA) is 135 Å². The van der Waals surface area contributed by atoms with E-state index in [1.54, 1.807) is 36.1 Å². The minimum atomic E-state index is -1.31. The smallest absolute Gasteiger partial charge is 0.313 e. The van der Waals surface area contributed by atoms with E-state index in [0.29, 0.717) is 24.9 Å². The molecule has 9 atom stereocenters. The molecule has 0 radical (unpaired) electrons. The highest BCUT2D eigenvalue weighted by molar-refractivity contribution is 9.09. The lowest BCUT2D eigenvalue weighted by atomic mass is 9.70. The Hall–Kier alpha value is -3.06. The molecule has 3 fully saturated rings. The quantitative estimate of drug-likeness (QED) is 0.134. The molecular weight excluding hydrogens is 670 g/mol. The van der Waals surface area contributed by atoms with Crippen molar-refractivity contribution in [1.82, 2.24) is 15.1 Å². The average Bonchev–Trinajstić information content (AvgIpc) is 3.67. The van der Waals surface area contributed by atoms with Crippen LogP contribution in [0.1, 0.15) is 57.6 Å². The van der Waals surface area contributed by atoms with Crippen LogP contribution in [-0.4, -0.2) is 107 Å². The van der Waals surface area contributed by atoms with Gasteiger partial charge in [0.2, 0.25) is 17.7 Å². The number of esters is 1. The Kier molecular flexibility index (Phi) is 12.8. The number of carbonyl (C=O) groups is 4. The molecule has 258 valence electrons. The number of hydrogen-bond acceptors (Lipinski definition) is 8. The van der Waals surface area contributed by atoms with Crippen LogP contribution in [0.15, 0.2) is 55.6 Å². The number of carbonyl (C=O) groups excluding carboxylic acids is 4. The number of ether oxygens (including phenoxy) is 3. The third-order valence-electron chi connectivity index (χ3n) is 9.42. The second kappa shape index (κ2) is 16.4. The summed E-state index contributed by atoms with van der Waals surface area (Å²) in [6.07, 6.45) is 4.26. The maximum atomic E-state index is 14.4. The number of rotatable bonds is 18. The van der Waals surface area contributed by atoms with Crippen LogP contribution in [-0.2, 0) is 33.4 Å². The van der Waals surface area contributed by atoms with Gasteiger partial charge in [0.1, 0.15) is 17.7 Å². The predicted molar refractivity (Wildman–Crippen MR) is 179 cm³/mol. The maximum absolute atomic E-state index is 14.4. The van der Waals surface area contributed by atoms with Crippen molar-refractivity contribution in [3.63, 3.8) is 0 Å². The Labute approximate surface area is 285 Å². The van der Waals surface area contributed by atoms with Crippen molar-refractivity contribution in [2.24, 2.45) is 11.8 Å². The van der Waals surface area contributed by atoms with Gasteiger partial charge in [-0.2, -0.15) is 0 Å². The molecule has 1 aromatic rings. The van der Waals surface area contributed by atoms with Crippen LogP contribution in [0.5, 0.6) is 0 Å². The summed E-state index contributed by atoms with van der Waals surface area (Å²) >= 11 is 3.70. The second-order valence-corrected chi connectivity index (χ2v) is 13.8. The summed E-state index contributed by atoms with van der Waals surface area (Å²) in [5, 5.41) is 13.2. The van der Waals surface area contributed by atoms with Gasteiger partial charge in [-0.1, -0.05) is 71.8 Å². The van der Waals surface area contributed by atoms with Crippen molar-refractivity contribution in [2.75, 3.05) is 33.4 Å². The van der Waals surface area contributed by atoms with Gasteiger partial charge in [-0.3, -0.25) is 19.2 Å². The highest BCUT2D eigenvalue weighted by atomic mass is 79.9. The van der Waals surface area contributed by atoms with Crippen molar-refractivity contribution in [3.05, 3.63) is 61.2 Å². The first-order valence-electron chi connectivity index (χ1n) is 16.4. The van der Waals surface area contributed by atoms with Crippen molar-refractivity contribution in [2.45, 2.75) is 86.7 Å². The molecule has 0 aromatic heterocycles. The van der Waals surface area contributed by atoms with E-state index in [1.807, 2.05) is 25.1 Å². The third kappa shape index (κ3) is 7.35. The lowest BCUT2D eigenvalue weighted by Crippen LogP contribution is -2.58. The van der Waals surface area contributed by atoms with Crippen LogP contribution in [0.4, 0.5) is 0 Å². The number of aliphatic hydroxyl groups is 1. The molecule has 11 nitrogen and oxygen atoms in total. The lowest BCUT2D eigenvalue weighted by Gasteiger charge is -2.38. The normalized spacial score (nSPS) is 27.9. The van der Waals surface area contributed by atoms with Gasteiger partial charge in [0.05, 0.1) is 43.2 Å². The van der Waals surface area contributed by atoms with Gasteiger partial charge in [0.15, 0.2) is 0 Å². The molecule has 1 spiro atoms. The standard InChI is InChI=1S/C35H48BrN3O8/c1-6-9-16-26(41)37-25(21-45-5)29(23-14-12-11-13-15-23)46-34(44)27-28-32(42)39(22(4)20-40)31(35(28)19-24(36)30(27)47-35)33(43)38(17-8-3)18-10-7-2/h6,8,11-15,22,24-25,27-31,40H,1,3,7,9-10,16-21H2,2,4-5H3,(H,37,41)/t22-,24?,25+,27-,28+,29+,30-,31-,35+/m1/s1. The van der Waals surface area contributed by atoms with Gasteiger partial charge in [-0.05, 0) is 31.7 Å². The molecule has 47 heavy (non-hydrogen) atoms. The van der Waals surface area contributed by atoms with Crippen LogP contribution < -0.4 is 5.32 Å². The van der Waals surface area contributed by atoms with E-state index in [1.165, 1.54) is 12.0 Å². The van der Waals surface area contributed by atoms with Crippen LogP contribution >= 0.6 is 15.9 Å². The largest absolute Gasteiger partial charge is 0.455 e. The summed E-state index contributed by atoms with van der Waals surface area (Å²) in [4.78, 5) is 58.7. The minimum Gasteiger partial charge on any atom is -0.455 e. The number of unbranched alkanes of at least 4 members (excludes halogenated alkanes) is 1. The molecule has 0 aliphatic carbocycles. The number of fused-ring (bicyclic) bond motifs is 1. The van der Waals surface area contributed by atoms with E-state index in [0.717, 1.165) is 12.8 Å². The molecule has 0 saturated carbocycles. The van der Waals surface area contributed by atoms with Crippen molar-refractivity contribution >= 4 is 39.6 Å². The van der Waals surface area contributed by atoms with Gasteiger partial charge >= 0.3 is 5.97 Å². The molecular formula is C35H48BrN3O8. The number of nitrogens with zero attached hydrogens (tertiary/aromatic N) is 2. The molecule has 3 heterocycles. The summed E-state index contributed by atoms with van der Waals surface area (Å²) < 4.78 is 18.3. The van der Waals surface area contributed by atoms with Gasteiger partial charge in [-0.25, -0.2) is 0 Å². The number of nitrogens with one attached hydrogen (secondary N) is 1. The molecule has 2 bridgehead atoms. The van der Waals surface area contributed by atoms with Crippen LogP contribution in [0, 0.1) is 11.8 Å². The first-order chi connectivity index (χ1) is 22.6. The number of allylic oxidation sites excluding steroid dienone is 1. The summed E-state index contributed by atoms with van der Waals surface area (Å²) in [6.45, 7) is 11.7. The highest BCUT2D eigenvalue weighted by Crippen LogP contribution is 2.61. The molecule has 12 heteroatoms. The van der Waals surface area contributed by atoms with Crippen LogP contribution in [0.3, 0.4) is 0 Å². The van der Waals surface area contributed by atoms with E-state index < -0.39 is 59.6 Å². The number of alkyl halides is 1. The summed E-state index contributed by atoms with van der Waals surface area (Å²) in [5.74, 6) is -3.69. The van der Waals surface area contributed by atoms with Crippen LogP contribution in [0.25, 0.3) is 0 Å². The van der Waals surface area contributed by atoms with E-state index in [9.17, 15) is 24.3 Å². The van der Waals surface area contributed by atoms with Crippen molar-refractivity contribution < 1.29 is 38.5 Å². The zero-order chi connectivity index (χ0) is 34.3. The molecule has 3 aliphatic rings. The van der Waals surface area contributed by atoms with Crippen molar-refractivity contribution in [3.8, 4) is 0 Å². The highest BCUT2D eigenvalue weighted by Gasteiger charge is 2.77. The Morgan fingerprint density at radius 1 is 1.26 bits per heavy atom. The summed E-state index contributed by atoms with van der Waals surface area (Å²) in [7, 11) is 1.50. The molecule has 3 aliphatic heterocycles. The van der Waals surface area contributed by atoms with E-state index in [-0.39, 0.29) is 42.8 Å². The second-order valence-electron chi connectivity index (χ2n) is 12.6. The molecule has 3 saturated heterocycles. The Morgan fingerprint density at radius 3 is 2.60 bits per heavy atom. The Bertz CT molecular complexity index is 1300. The minimum absolute atomic E-state index is 0.0555. The fourth-order valence-corrected chi connectivity index (χ4v) is 8.22. The Balaban J connectivity index is 1.72. The lowest BCUT2D eigenvalue weighted by molar-refractivity contribution is -0.163. The zero-order valence-corrected chi connectivity index (χ0v) is 29.1. The number of amides is 3. The monoisotopic (exact) mass is 717 g/mol. The summed E-state index contributed by atoms with van der Waals surface area (Å²) in [6, 6.07) is 6.57. The van der Waals surface area contributed by atoms with Gasteiger partial charge in [-0.15, -0.1) is 13.2 Å². The first kappa shape index (κ1) is 36.8. The average molecular weight is 719 g/mol. The first-order valence-corrected chi connectivity index (χ1v) is 17.3. The number of hydrogen-bond donors (Lipinski definition) is 2. The fraction of sp³-hybridized carbons (Fsp3) is 0.600. The predicted octanol–water partition coefficient (Wildman–Crippen LogP) is 3.31. The molecule has 3 amide bonds. The van der Waals surface area contributed by atoms with Gasteiger partial charge < -0.3 is 34.4 Å².